The molecule has 7 nitrogen and oxygen atoms in total. The van der Waals surface area contributed by atoms with Gasteiger partial charge in [-0.15, -0.1) is 0 Å². The average molecular weight is 422 g/mol. The standard InChI is InChI=1S/C24H26N2O5/c1-28-18-13-17-19(21(30-3)20(18)29-2)24(23(27)31-17)10-6-11-25-12-9-15-14-7-4-5-8-16(14)26-22(15)24/h4-5,7-8,13,25-26H,6,9-12H2,1-3H3. The number of H-pyrrole nitrogens is 1. The van der Waals surface area contributed by atoms with E-state index in [9.17, 15) is 4.79 Å². The second-order valence-electron chi connectivity index (χ2n) is 7.94. The maximum atomic E-state index is 13.7. The maximum Gasteiger partial charge on any atom is 0.328 e. The van der Waals surface area contributed by atoms with Crippen LogP contribution < -0.4 is 24.3 Å². The number of rotatable bonds is 3. The van der Waals surface area contributed by atoms with Crippen molar-refractivity contribution in [1.29, 1.82) is 0 Å². The molecule has 5 rings (SSSR count). The fraction of sp³-hybridized carbons (Fsp3) is 0.375. The van der Waals surface area contributed by atoms with Gasteiger partial charge in [-0.2, -0.15) is 0 Å². The van der Waals surface area contributed by atoms with Gasteiger partial charge < -0.3 is 29.2 Å². The largest absolute Gasteiger partial charge is 0.493 e. The van der Waals surface area contributed by atoms with Crippen LogP contribution in [0.5, 0.6) is 23.0 Å². The average Bonchev–Trinajstić information content (AvgIpc) is 3.31. The molecule has 0 saturated heterocycles. The zero-order valence-corrected chi connectivity index (χ0v) is 18.0. The molecule has 0 bridgehead atoms. The van der Waals surface area contributed by atoms with Crippen molar-refractivity contribution in [1.82, 2.24) is 10.3 Å². The normalized spacial score (nSPS) is 20.4. The fourth-order valence-electron chi connectivity index (χ4n) is 5.13. The van der Waals surface area contributed by atoms with Crippen LogP contribution in [0, 0.1) is 0 Å². The minimum atomic E-state index is -1.01. The van der Waals surface area contributed by atoms with Crippen LogP contribution in [0.25, 0.3) is 10.9 Å². The number of ether oxygens (including phenoxy) is 4. The molecule has 0 radical (unpaired) electrons. The van der Waals surface area contributed by atoms with Gasteiger partial charge in [-0.1, -0.05) is 18.2 Å². The van der Waals surface area contributed by atoms with Crippen molar-refractivity contribution in [2.75, 3.05) is 34.4 Å². The Morgan fingerprint density at radius 2 is 1.84 bits per heavy atom. The third kappa shape index (κ3) is 2.73. The van der Waals surface area contributed by atoms with Crippen LogP contribution in [-0.2, 0) is 16.6 Å². The van der Waals surface area contributed by atoms with Crippen LogP contribution in [0.3, 0.4) is 0 Å². The smallest absolute Gasteiger partial charge is 0.328 e. The summed E-state index contributed by atoms with van der Waals surface area (Å²) in [6, 6.07) is 9.89. The van der Waals surface area contributed by atoms with E-state index in [1.165, 1.54) is 0 Å². The van der Waals surface area contributed by atoms with Crippen molar-refractivity contribution in [3.8, 4) is 23.0 Å². The molecule has 2 aliphatic rings. The van der Waals surface area contributed by atoms with E-state index in [4.69, 9.17) is 18.9 Å². The number of nitrogens with one attached hydrogen (secondary N) is 2. The van der Waals surface area contributed by atoms with Gasteiger partial charge in [0.2, 0.25) is 5.75 Å². The Kier molecular flexibility index (Phi) is 4.78. The van der Waals surface area contributed by atoms with E-state index in [-0.39, 0.29) is 5.97 Å². The summed E-state index contributed by atoms with van der Waals surface area (Å²) in [5, 5.41) is 4.62. The van der Waals surface area contributed by atoms with Gasteiger partial charge in [0.1, 0.15) is 11.2 Å². The molecular weight excluding hydrogens is 396 g/mol. The third-order valence-corrected chi connectivity index (χ3v) is 6.47. The molecule has 1 spiro atoms. The molecule has 2 N–H and O–H groups in total. The first-order valence-electron chi connectivity index (χ1n) is 10.5. The number of aromatic nitrogens is 1. The van der Waals surface area contributed by atoms with E-state index < -0.39 is 5.41 Å². The number of carbonyl (C=O) groups excluding carboxylic acids is 1. The van der Waals surface area contributed by atoms with Gasteiger partial charge in [0.15, 0.2) is 11.5 Å². The molecule has 0 fully saturated rings. The lowest BCUT2D eigenvalue weighted by molar-refractivity contribution is -0.137. The second kappa shape index (κ2) is 7.50. The Balaban J connectivity index is 1.87. The summed E-state index contributed by atoms with van der Waals surface area (Å²) >= 11 is 0. The molecule has 0 amide bonds. The van der Waals surface area contributed by atoms with Crippen LogP contribution >= 0.6 is 0 Å². The zero-order chi connectivity index (χ0) is 21.6. The number of aromatic amines is 1. The van der Waals surface area contributed by atoms with Gasteiger partial charge in [0, 0.05) is 22.7 Å². The van der Waals surface area contributed by atoms with E-state index in [1.807, 2.05) is 18.2 Å². The van der Waals surface area contributed by atoms with Gasteiger partial charge in [-0.05, 0) is 44.0 Å². The summed E-state index contributed by atoms with van der Waals surface area (Å²) < 4.78 is 22.8. The molecule has 0 saturated carbocycles. The third-order valence-electron chi connectivity index (χ3n) is 6.47. The Bertz CT molecular complexity index is 1170. The number of carbonyl (C=O) groups is 1. The number of para-hydroxylation sites is 1. The van der Waals surface area contributed by atoms with Crippen molar-refractivity contribution in [2.24, 2.45) is 0 Å². The summed E-state index contributed by atoms with van der Waals surface area (Å²) in [6.07, 6.45) is 2.19. The summed E-state index contributed by atoms with van der Waals surface area (Å²) in [4.78, 5) is 17.3. The van der Waals surface area contributed by atoms with Crippen LogP contribution in [0.15, 0.2) is 30.3 Å². The van der Waals surface area contributed by atoms with Crippen LogP contribution in [0.4, 0.5) is 0 Å². The summed E-state index contributed by atoms with van der Waals surface area (Å²) in [5.41, 5.74) is 2.71. The number of methoxy groups -OCH3 is 3. The van der Waals surface area contributed by atoms with Crippen molar-refractivity contribution in [2.45, 2.75) is 24.7 Å². The van der Waals surface area contributed by atoms with Gasteiger partial charge >= 0.3 is 5.97 Å². The summed E-state index contributed by atoms with van der Waals surface area (Å²) in [6.45, 7) is 1.66. The number of hydrogen-bond acceptors (Lipinski definition) is 6. The van der Waals surface area contributed by atoms with Crippen molar-refractivity contribution >= 4 is 16.9 Å². The van der Waals surface area contributed by atoms with Gasteiger partial charge in [0.25, 0.3) is 0 Å². The summed E-state index contributed by atoms with van der Waals surface area (Å²) in [7, 11) is 4.70. The first-order chi connectivity index (χ1) is 15.2. The maximum absolute atomic E-state index is 13.7. The molecule has 31 heavy (non-hydrogen) atoms. The highest BCUT2D eigenvalue weighted by molar-refractivity contribution is 5.99. The quantitative estimate of drug-likeness (QED) is 0.498. The monoisotopic (exact) mass is 422 g/mol. The van der Waals surface area contributed by atoms with E-state index in [0.717, 1.165) is 48.1 Å². The first-order valence-corrected chi connectivity index (χ1v) is 10.5. The highest BCUT2D eigenvalue weighted by atomic mass is 16.6. The molecule has 1 atom stereocenters. The number of benzene rings is 2. The van der Waals surface area contributed by atoms with Crippen LogP contribution in [0.2, 0.25) is 0 Å². The van der Waals surface area contributed by atoms with E-state index in [2.05, 4.69) is 16.4 Å². The molecular formula is C24H26N2O5. The lowest BCUT2D eigenvalue weighted by atomic mass is 9.73. The van der Waals surface area contributed by atoms with Crippen molar-refractivity contribution < 1.29 is 23.7 Å². The number of hydrogen-bond donors (Lipinski definition) is 2. The Hall–Kier alpha value is -3.19. The molecule has 3 aromatic rings. The van der Waals surface area contributed by atoms with Gasteiger partial charge in [0.05, 0.1) is 26.9 Å². The topological polar surface area (TPSA) is 81.8 Å². The SMILES string of the molecule is COc1cc2c(c(OC)c1OC)C1(CCCNCCc3c1[nH]c1ccccc31)C(=O)O2. The Morgan fingerprint density at radius 3 is 2.61 bits per heavy atom. The number of esters is 1. The lowest BCUT2D eigenvalue weighted by Crippen LogP contribution is -2.37. The molecule has 7 heteroatoms. The first kappa shape index (κ1) is 19.8. The van der Waals surface area contributed by atoms with Gasteiger partial charge in [-0.3, -0.25) is 4.79 Å². The van der Waals surface area contributed by atoms with E-state index >= 15 is 0 Å². The van der Waals surface area contributed by atoms with Crippen LogP contribution in [0.1, 0.15) is 29.7 Å². The Morgan fingerprint density at radius 1 is 1.03 bits per heavy atom. The molecule has 0 aliphatic carbocycles. The molecule has 2 aromatic carbocycles. The molecule has 1 aromatic heterocycles. The fourth-order valence-corrected chi connectivity index (χ4v) is 5.13. The molecule has 3 heterocycles. The Labute approximate surface area is 180 Å². The minimum absolute atomic E-state index is 0.300. The van der Waals surface area contributed by atoms with Crippen molar-refractivity contribution in [3.63, 3.8) is 0 Å². The highest BCUT2D eigenvalue weighted by Crippen LogP contribution is 2.57. The highest BCUT2D eigenvalue weighted by Gasteiger charge is 2.55. The predicted molar refractivity (Wildman–Crippen MR) is 117 cm³/mol. The van der Waals surface area contributed by atoms with Crippen molar-refractivity contribution in [3.05, 3.63) is 47.2 Å². The lowest BCUT2D eigenvalue weighted by Gasteiger charge is -2.28. The van der Waals surface area contributed by atoms with Crippen LogP contribution in [-0.4, -0.2) is 45.4 Å². The molecule has 1 unspecified atom stereocenters. The second-order valence-corrected chi connectivity index (χ2v) is 7.94. The zero-order valence-electron chi connectivity index (χ0n) is 18.0. The molecule has 162 valence electrons. The minimum Gasteiger partial charge on any atom is -0.493 e. The summed E-state index contributed by atoms with van der Waals surface area (Å²) in [5.74, 6) is 1.54. The van der Waals surface area contributed by atoms with E-state index in [1.54, 1.807) is 27.4 Å². The van der Waals surface area contributed by atoms with E-state index in [0.29, 0.717) is 35.0 Å². The predicted octanol–water partition coefficient (Wildman–Crippen LogP) is 3.32. The van der Waals surface area contributed by atoms with Gasteiger partial charge in [-0.25, -0.2) is 0 Å². The molecule has 2 aliphatic heterocycles. The number of fused-ring (bicyclic) bond motifs is 6.